The Morgan fingerprint density at radius 3 is 2.57 bits per heavy atom. The van der Waals surface area contributed by atoms with Crippen LogP contribution < -0.4 is 0 Å². The normalized spacial score (nSPS) is 24.9. The number of rotatable bonds is 3. The second kappa shape index (κ2) is 6.28. The highest BCUT2D eigenvalue weighted by molar-refractivity contribution is 5.93. The minimum atomic E-state index is -1.42. The van der Waals surface area contributed by atoms with Crippen molar-refractivity contribution in [2.75, 3.05) is 0 Å². The van der Waals surface area contributed by atoms with Gasteiger partial charge in [0.15, 0.2) is 11.4 Å². The quantitative estimate of drug-likeness (QED) is 0.618. The summed E-state index contributed by atoms with van der Waals surface area (Å²) >= 11 is 0. The molecule has 0 aliphatic heterocycles. The molecule has 1 aliphatic carbocycles. The van der Waals surface area contributed by atoms with Crippen molar-refractivity contribution in [2.24, 2.45) is 5.41 Å². The van der Waals surface area contributed by atoms with Gasteiger partial charge in [0.2, 0.25) is 0 Å². The third-order valence-electron chi connectivity index (χ3n) is 3.76. The second-order valence-electron chi connectivity index (χ2n) is 6.07. The Morgan fingerprint density at radius 1 is 1.48 bits per heavy atom. The van der Waals surface area contributed by atoms with E-state index in [4.69, 9.17) is 5.11 Å². The minimum Gasteiger partial charge on any atom is -0.478 e. The van der Waals surface area contributed by atoms with Crippen LogP contribution in [0.3, 0.4) is 0 Å². The summed E-state index contributed by atoms with van der Waals surface area (Å²) in [5, 5.41) is 19.7. The highest BCUT2D eigenvalue weighted by atomic mass is 16.4. The lowest BCUT2D eigenvalue weighted by Gasteiger charge is -2.42. The predicted molar refractivity (Wildman–Crippen MR) is 80.5 cm³/mol. The molecule has 0 radical (unpaired) electrons. The molecule has 0 aromatic carbocycles. The summed E-state index contributed by atoms with van der Waals surface area (Å²) in [7, 11) is 0. The zero-order valence-electron chi connectivity index (χ0n) is 13.0. The van der Waals surface area contributed by atoms with Gasteiger partial charge in [0.05, 0.1) is 0 Å². The Hall–Kier alpha value is -1.86. The van der Waals surface area contributed by atoms with Gasteiger partial charge in [-0.1, -0.05) is 39.0 Å². The maximum Gasteiger partial charge on any atom is 0.329 e. The lowest BCUT2D eigenvalue weighted by atomic mass is 9.65. The standard InChI is InChI=1S/C17H22O4/c1-5-6-13(10-15(19)20)7-8-17(21)12(2)9-14(18)11-16(17,3)4/h9-10,21H,5-6,11H2,1-4H3,(H,19,20). The van der Waals surface area contributed by atoms with Crippen LogP contribution in [-0.2, 0) is 9.59 Å². The lowest BCUT2D eigenvalue weighted by Crippen LogP contribution is -2.48. The zero-order chi connectivity index (χ0) is 16.3. The van der Waals surface area contributed by atoms with E-state index in [0.29, 0.717) is 17.6 Å². The van der Waals surface area contributed by atoms with Gasteiger partial charge in [0.25, 0.3) is 0 Å². The number of carbonyl (C=O) groups excluding carboxylic acids is 1. The van der Waals surface area contributed by atoms with Crippen molar-refractivity contribution in [1.29, 1.82) is 0 Å². The Morgan fingerprint density at radius 2 is 2.10 bits per heavy atom. The van der Waals surface area contributed by atoms with Crippen LogP contribution in [0.2, 0.25) is 0 Å². The van der Waals surface area contributed by atoms with Gasteiger partial charge < -0.3 is 10.2 Å². The molecule has 4 nitrogen and oxygen atoms in total. The number of carbonyl (C=O) groups is 2. The molecule has 114 valence electrons. The topological polar surface area (TPSA) is 74.6 Å². The molecule has 4 heteroatoms. The summed E-state index contributed by atoms with van der Waals surface area (Å²) in [4.78, 5) is 22.4. The molecule has 0 spiro atoms. The molecule has 21 heavy (non-hydrogen) atoms. The molecule has 0 amide bonds. The first-order valence-electron chi connectivity index (χ1n) is 7.03. The molecular formula is C17H22O4. The molecule has 0 aromatic rings. The van der Waals surface area contributed by atoms with E-state index in [2.05, 4.69) is 11.8 Å². The highest BCUT2D eigenvalue weighted by Crippen LogP contribution is 2.42. The van der Waals surface area contributed by atoms with Crippen molar-refractivity contribution in [1.82, 2.24) is 0 Å². The summed E-state index contributed by atoms with van der Waals surface area (Å²) < 4.78 is 0. The van der Waals surface area contributed by atoms with Gasteiger partial charge in [0, 0.05) is 23.5 Å². The van der Waals surface area contributed by atoms with Gasteiger partial charge in [-0.3, -0.25) is 4.79 Å². The summed E-state index contributed by atoms with van der Waals surface area (Å²) in [6.45, 7) is 7.18. The van der Waals surface area contributed by atoms with Crippen molar-refractivity contribution in [3.8, 4) is 11.8 Å². The zero-order valence-corrected chi connectivity index (χ0v) is 13.0. The molecule has 1 aliphatic rings. The van der Waals surface area contributed by atoms with Crippen LogP contribution in [0.1, 0.15) is 47.0 Å². The van der Waals surface area contributed by atoms with E-state index < -0.39 is 17.0 Å². The number of carboxylic acid groups (broad SMARTS) is 1. The molecule has 0 bridgehead atoms. The third kappa shape index (κ3) is 3.83. The smallest absolute Gasteiger partial charge is 0.329 e. The van der Waals surface area contributed by atoms with E-state index in [-0.39, 0.29) is 12.2 Å². The molecule has 1 atom stereocenters. The van der Waals surface area contributed by atoms with Gasteiger partial charge in [0.1, 0.15) is 0 Å². The molecule has 1 rings (SSSR count). The molecule has 0 saturated heterocycles. The molecule has 0 heterocycles. The number of hydrogen-bond acceptors (Lipinski definition) is 3. The van der Waals surface area contributed by atoms with E-state index >= 15 is 0 Å². The minimum absolute atomic E-state index is 0.0289. The number of carboxylic acids is 1. The summed E-state index contributed by atoms with van der Waals surface area (Å²) in [6, 6.07) is 0. The third-order valence-corrected chi connectivity index (χ3v) is 3.76. The van der Waals surface area contributed by atoms with Crippen LogP contribution in [0.5, 0.6) is 0 Å². The van der Waals surface area contributed by atoms with E-state index in [1.165, 1.54) is 6.08 Å². The fraction of sp³-hybridized carbons (Fsp3) is 0.529. The van der Waals surface area contributed by atoms with Crippen LogP contribution in [0.25, 0.3) is 0 Å². The Kier molecular flexibility index (Phi) is 5.14. The van der Waals surface area contributed by atoms with Crippen LogP contribution >= 0.6 is 0 Å². The second-order valence-corrected chi connectivity index (χ2v) is 6.07. The number of ketones is 1. The Bertz CT molecular complexity index is 569. The first-order chi connectivity index (χ1) is 9.62. The number of aliphatic hydroxyl groups is 1. The molecule has 1 unspecified atom stereocenters. The lowest BCUT2D eigenvalue weighted by molar-refractivity contribution is -0.131. The van der Waals surface area contributed by atoms with Crippen LogP contribution in [0.4, 0.5) is 0 Å². The fourth-order valence-corrected chi connectivity index (χ4v) is 2.52. The largest absolute Gasteiger partial charge is 0.478 e. The molecule has 0 fully saturated rings. The summed E-state index contributed by atoms with van der Waals surface area (Å²) in [5.41, 5.74) is -1.16. The van der Waals surface area contributed by atoms with Crippen molar-refractivity contribution in [3.05, 3.63) is 23.3 Å². The monoisotopic (exact) mass is 290 g/mol. The molecule has 0 saturated carbocycles. The summed E-state index contributed by atoms with van der Waals surface area (Å²) in [5.74, 6) is 4.51. The summed E-state index contributed by atoms with van der Waals surface area (Å²) in [6.07, 6.45) is 4.00. The fourth-order valence-electron chi connectivity index (χ4n) is 2.52. The van der Waals surface area contributed by atoms with Crippen LogP contribution in [0.15, 0.2) is 23.3 Å². The molecule has 0 aromatic heterocycles. The van der Waals surface area contributed by atoms with Crippen LogP contribution in [-0.4, -0.2) is 27.6 Å². The predicted octanol–water partition coefficient (Wildman–Crippen LogP) is 2.48. The average molecular weight is 290 g/mol. The van der Waals surface area contributed by atoms with E-state index in [1.807, 2.05) is 6.92 Å². The van der Waals surface area contributed by atoms with Crippen molar-refractivity contribution < 1.29 is 19.8 Å². The van der Waals surface area contributed by atoms with Gasteiger partial charge in [-0.25, -0.2) is 4.79 Å². The number of allylic oxidation sites excluding steroid dienone is 2. The Balaban J connectivity index is 3.26. The van der Waals surface area contributed by atoms with E-state index in [0.717, 1.165) is 12.5 Å². The van der Waals surface area contributed by atoms with Crippen molar-refractivity contribution in [3.63, 3.8) is 0 Å². The number of hydrogen-bond donors (Lipinski definition) is 2. The maximum atomic E-state index is 11.6. The first kappa shape index (κ1) is 17.2. The van der Waals surface area contributed by atoms with E-state index in [1.54, 1.807) is 20.8 Å². The van der Waals surface area contributed by atoms with Gasteiger partial charge >= 0.3 is 5.97 Å². The first-order valence-corrected chi connectivity index (χ1v) is 7.03. The molecular weight excluding hydrogens is 268 g/mol. The van der Waals surface area contributed by atoms with Gasteiger partial charge in [-0.15, -0.1) is 0 Å². The van der Waals surface area contributed by atoms with Gasteiger partial charge in [-0.2, -0.15) is 0 Å². The van der Waals surface area contributed by atoms with E-state index in [9.17, 15) is 14.7 Å². The van der Waals surface area contributed by atoms with Crippen molar-refractivity contribution in [2.45, 2.75) is 52.6 Å². The highest BCUT2D eigenvalue weighted by Gasteiger charge is 2.47. The van der Waals surface area contributed by atoms with Crippen LogP contribution in [0, 0.1) is 17.3 Å². The Labute approximate surface area is 125 Å². The molecule has 2 N–H and O–H groups in total. The van der Waals surface area contributed by atoms with Crippen molar-refractivity contribution >= 4 is 11.8 Å². The maximum absolute atomic E-state index is 11.6. The number of aliphatic carboxylic acids is 1. The average Bonchev–Trinajstić information content (AvgIpc) is 2.32. The SMILES string of the molecule is CCCC(C#CC1(O)C(C)=CC(=O)CC1(C)C)=CC(=O)O. The van der Waals surface area contributed by atoms with Gasteiger partial charge in [-0.05, 0) is 25.0 Å².